The highest BCUT2D eigenvalue weighted by molar-refractivity contribution is 7.21. The second-order valence-corrected chi connectivity index (χ2v) is 11.3. The molecule has 2 aliphatic heterocycles. The molecule has 4 aromatic rings. The summed E-state index contributed by atoms with van der Waals surface area (Å²) < 4.78 is 3.44. The fourth-order valence-electron chi connectivity index (χ4n) is 6.07. The Hall–Kier alpha value is -3.57. The average molecular weight is 533 g/mol. The van der Waals surface area contributed by atoms with Gasteiger partial charge in [-0.1, -0.05) is 12.8 Å². The smallest absolute Gasteiger partial charge is 0.253 e. The number of aromatic nitrogens is 5. The molecule has 0 saturated carbocycles. The van der Waals surface area contributed by atoms with Crippen LogP contribution in [0.4, 0.5) is 0 Å². The maximum atomic E-state index is 13.2. The quantitative estimate of drug-likeness (QED) is 0.376. The number of carbonyl (C=O) groups is 2. The van der Waals surface area contributed by atoms with Crippen molar-refractivity contribution in [3.8, 4) is 21.7 Å². The molecule has 3 N–H and O–H groups in total. The highest BCUT2D eigenvalue weighted by atomic mass is 32.1. The third-order valence-electron chi connectivity index (χ3n) is 7.93. The average Bonchev–Trinajstić information content (AvgIpc) is 3.59. The minimum atomic E-state index is -0.536. The highest BCUT2D eigenvalue weighted by Crippen LogP contribution is 2.41. The molecular formula is C27H32N8O2S. The van der Waals surface area contributed by atoms with Gasteiger partial charge in [-0.2, -0.15) is 10.2 Å². The van der Waals surface area contributed by atoms with Crippen molar-refractivity contribution in [2.45, 2.75) is 57.5 Å². The van der Waals surface area contributed by atoms with E-state index in [1.54, 1.807) is 21.6 Å². The van der Waals surface area contributed by atoms with Gasteiger partial charge in [0.05, 0.1) is 34.1 Å². The fraction of sp³-hybridized carbons (Fsp3) is 0.444. The Morgan fingerprint density at radius 1 is 1.11 bits per heavy atom. The number of pyridine rings is 1. The summed E-state index contributed by atoms with van der Waals surface area (Å²) in [5.74, 6) is -0.681. The van der Waals surface area contributed by atoms with E-state index in [1.807, 2.05) is 26.2 Å². The van der Waals surface area contributed by atoms with E-state index in [0.29, 0.717) is 34.6 Å². The minimum absolute atomic E-state index is 0.145. The van der Waals surface area contributed by atoms with Crippen LogP contribution in [0.5, 0.6) is 0 Å². The number of thiazole rings is 1. The third kappa shape index (κ3) is 4.39. The number of fused-ring (bicyclic) bond motifs is 3. The van der Waals surface area contributed by atoms with E-state index in [9.17, 15) is 9.59 Å². The van der Waals surface area contributed by atoms with Crippen LogP contribution >= 0.6 is 11.3 Å². The molecule has 10 nitrogen and oxygen atoms in total. The lowest BCUT2D eigenvalue weighted by molar-refractivity contribution is 0.0412. The van der Waals surface area contributed by atoms with Gasteiger partial charge in [-0.05, 0) is 38.7 Å². The molecule has 2 amide bonds. The van der Waals surface area contributed by atoms with E-state index in [-0.39, 0.29) is 5.91 Å². The van der Waals surface area contributed by atoms with Crippen LogP contribution in [0.1, 0.15) is 64.9 Å². The van der Waals surface area contributed by atoms with E-state index in [1.165, 1.54) is 56.1 Å². The van der Waals surface area contributed by atoms with Crippen molar-refractivity contribution in [3.63, 3.8) is 0 Å². The van der Waals surface area contributed by atoms with Crippen molar-refractivity contribution in [1.29, 1.82) is 0 Å². The molecule has 0 unspecified atom stereocenters. The summed E-state index contributed by atoms with van der Waals surface area (Å²) in [5, 5.41) is 11.9. The maximum Gasteiger partial charge on any atom is 0.253 e. The number of hydrogen-bond donors (Lipinski definition) is 2. The number of nitrogens with zero attached hydrogens (tertiary/aromatic N) is 6. The summed E-state index contributed by atoms with van der Waals surface area (Å²) >= 11 is 1.42. The molecule has 11 heteroatoms. The third-order valence-corrected chi connectivity index (χ3v) is 9.15. The number of nitrogens with one attached hydrogen (secondary N) is 1. The number of hydrogen-bond acceptors (Lipinski definition) is 7. The van der Waals surface area contributed by atoms with Gasteiger partial charge in [-0.15, -0.1) is 11.3 Å². The molecule has 2 fully saturated rings. The summed E-state index contributed by atoms with van der Waals surface area (Å²) in [4.78, 5) is 34.0. The first kappa shape index (κ1) is 24.7. The van der Waals surface area contributed by atoms with Crippen LogP contribution in [0.15, 0.2) is 30.9 Å². The zero-order valence-corrected chi connectivity index (χ0v) is 22.5. The van der Waals surface area contributed by atoms with Gasteiger partial charge >= 0.3 is 0 Å². The lowest BCUT2D eigenvalue weighted by Gasteiger charge is -2.46. The lowest BCUT2D eigenvalue weighted by Crippen LogP contribution is -2.52. The Morgan fingerprint density at radius 2 is 1.84 bits per heavy atom. The Kier molecular flexibility index (Phi) is 6.48. The van der Waals surface area contributed by atoms with Crippen LogP contribution in [-0.4, -0.2) is 66.3 Å². The number of primary amides is 1. The molecule has 38 heavy (non-hydrogen) atoms. The Bertz CT molecular complexity index is 1500. The van der Waals surface area contributed by atoms with Gasteiger partial charge in [0.2, 0.25) is 0 Å². The zero-order valence-electron chi connectivity index (χ0n) is 21.7. The molecule has 0 radical (unpaired) electrons. The predicted molar refractivity (Wildman–Crippen MR) is 146 cm³/mol. The van der Waals surface area contributed by atoms with Gasteiger partial charge in [0.1, 0.15) is 4.83 Å². The van der Waals surface area contributed by atoms with Crippen molar-refractivity contribution in [2.75, 3.05) is 13.1 Å². The SMILES string of the molecule is Cc1ncc(C(=O)NCCN2C3CCCC2CCC3)cc1-c1c(-c2cnn(C)c2)sc2c(C(N)=O)cnn12. The van der Waals surface area contributed by atoms with E-state index in [0.717, 1.165) is 33.9 Å². The van der Waals surface area contributed by atoms with E-state index in [2.05, 4.69) is 25.4 Å². The van der Waals surface area contributed by atoms with Crippen molar-refractivity contribution in [3.05, 3.63) is 47.7 Å². The Balaban J connectivity index is 1.30. The van der Waals surface area contributed by atoms with Crippen molar-refractivity contribution < 1.29 is 9.59 Å². The number of rotatable bonds is 7. The van der Waals surface area contributed by atoms with E-state index < -0.39 is 5.91 Å². The number of piperidine rings is 2. The molecule has 6 rings (SSSR count). The van der Waals surface area contributed by atoms with Crippen LogP contribution in [0, 0.1) is 6.92 Å². The highest BCUT2D eigenvalue weighted by Gasteiger charge is 2.33. The number of amides is 2. The normalized spacial score (nSPS) is 19.6. The van der Waals surface area contributed by atoms with E-state index in [4.69, 9.17) is 5.73 Å². The monoisotopic (exact) mass is 532 g/mol. The largest absolute Gasteiger partial charge is 0.365 e. The second kappa shape index (κ2) is 9.95. The molecule has 2 saturated heterocycles. The summed E-state index contributed by atoms with van der Waals surface area (Å²) in [5.41, 5.74) is 9.63. The molecule has 2 bridgehead atoms. The molecule has 198 valence electrons. The second-order valence-electron chi connectivity index (χ2n) is 10.3. The van der Waals surface area contributed by atoms with Crippen LogP contribution in [0.25, 0.3) is 26.5 Å². The predicted octanol–water partition coefficient (Wildman–Crippen LogP) is 3.40. The standard InChI is InChI=1S/C27H32N8O2S/c1-16-21(23-24(18-13-31-33(2)15-18)38-27-22(25(28)36)14-32-35(23)27)11-17(12-30-16)26(37)29-9-10-34-19-5-3-6-20(34)8-4-7-19/h11-15,19-20H,3-10H2,1-2H3,(H2,28,36)(H,29,37). The van der Waals surface area contributed by atoms with Gasteiger partial charge in [-0.25, -0.2) is 4.52 Å². The molecular weight excluding hydrogens is 500 g/mol. The summed E-state index contributed by atoms with van der Waals surface area (Å²) in [6.07, 6.45) is 14.5. The lowest BCUT2D eigenvalue weighted by atomic mass is 9.84. The van der Waals surface area contributed by atoms with Crippen molar-refractivity contribution in [2.24, 2.45) is 12.8 Å². The first-order valence-corrected chi connectivity index (χ1v) is 14.0. The Labute approximate surface area is 224 Å². The fourth-order valence-corrected chi connectivity index (χ4v) is 7.26. The number of nitrogens with two attached hydrogens (primary N) is 1. The van der Waals surface area contributed by atoms with Gasteiger partial charge in [0.25, 0.3) is 11.8 Å². The van der Waals surface area contributed by atoms with Crippen molar-refractivity contribution in [1.82, 2.24) is 34.6 Å². The first-order valence-electron chi connectivity index (χ1n) is 13.2. The molecule has 0 atom stereocenters. The van der Waals surface area contributed by atoms with E-state index >= 15 is 0 Å². The van der Waals surface area contributed by atoms with Crippen LogP contribution < -0.4 is 11.1 Å². The maximum absolute atomic E-state index is 13.2. The topological polar surface area (TPSA) is 123 Å². The molecule has 0 aromatic carbocycles. The molecule has 2 aliphatic rings. The van der Waals surface area contributed by atoms with Crippen LogP contribution in [0.3, 0.4) is 0 Å². The number of carbonyl (C=O) groups excluding carboxylic acids is 2. The molecule has 0 spiro atoms. The summed E-state index contributed by atoms with van der Waals surface area (Å²) in [6.45, 7) is 3.40. The Morgan fingerprint density at radius 3 is 2.50 bits per heavy atom. The van der Waals surface area contributed by atoms with Crippen LogP contribution in [-0.2, 0) is 7.05 Å². The molecule has 0 aliphatic carbocycles. The van der Waals surface area contributed by atoms with Gasteiger partial charge in [0, 0.05) is 61.4 Å². The van der Waals surface area contributed by atoms with Crippen molar-refractivity contribution >= 4 is 28.0 Å². The minimum Gasteiger partial charge on any atom is -0.365 e. The summed E-state index contributed by atoms with van der Waals surface area (Å²) in [7, 11) is 1.85. The van der Waals surface area contributed by atoms with Gasteiger partial charge in [-0.3, -0.25) is 24.2 Å². The summed E-state index contributed by atoms with van der Waals surface area (Å²) in [6, 6.07) is 3.19. The zero-order chi connectivity index (χ0) is 26.4. The van der Waals surface area contributed by atoms with Gasteiger partial charge in [0.15, 0.2) is 0 Å². The van der Waals surface area contributed by atoms with Gasteiger partial charge < -0.3 is 11.1 Å². The molecule has 4 aromatic heterocycles. The van der Waals surface area contributed by atoms with Crippen LogP contribution in [0.2, 0.25) is 0 Å². The first-order chi connectivity index (χ1) is 18.4. The molecule has 6 heterocycles. The number of aryl methyl sites for hydroxylation is 2.